The predicted molar refractivity (Wildman–Crippen MR) is 126 cm³/mol. The number of aromatic amines is 2. The first kappa shape index (κ1) is 21.0. The molecule has 0 bridgehead atoms. The van der Waals surface area contributed by atoms with Gasteiger partial charge in [0.1, 0.15) is 6.04 Å². The highest BCUT2D eigenvalue weighted by Crippen LogP contribution is 2.39. The maximum absolute atomic E-state index is 12.4. The van der Waals surface area contributed by atoms with Crippen LogP contribution >= 0.6 is 0 Å². The molecular weight excluding hydrogens is 418 g/mol. The van der Waals surface area contributed by atoms with Gasteiger partial charge in [-0.1, -0.05) is 30.3 Å². The largest absolute Gasteiger partial charge is 0.480 e. The van der Waals surface area contributed by atoms with Crippen molar-refractivity contribution in [3.8, 4) is 11.1 Å². The molecule has 4 aromatic rings. The lowest BCUT2D eigenvalue weighted by Crippen LogP contribution is -2.32. The van der Waals surface area contributed by atoms with Crippen LogP contribution in [-0.2, 0) is 22.4 Å². The number of hydrogen-bond acceptors (Lipinski definition) is 4. The first-order chi connectivity index (χ1) is 16.0. The van der Waals surface area contributed by atoms with Crippen molar-refractivity contribution >= 4 is 28.6 Å². The second kappa shape index (κ2) is 8.55. The normalized spacial score (nSPS) is 14.3. The molecule has 6 N–H and O–H groups in total. The van der Waals surface area contributed by atoms with Gasteiger partial charge in [0.2, 0.25) is 5.91 Å². The summed E-state index contributed by atoms with van der Waals surface area (Å²) in [7, 11) is 0. The molecule has 1 saturated carbocycles. The van der Waals surface area contributed by atoms with Gasteiger partial charge in [0.25, 0.3) is 0 Å². The number of carbonyl (C=O) groups is 2. The van der Waals surface area contributed by atoms with Crippen molar-refractivity contribution in [1.82, 2.24) is 15.2 Å². The van der Waals surface area contributed by atoms with Gasteiger partial charge in [0, 0.05) is 41.2 Å². The van der Waals surface area contributed by atoms with Gasteiger partial charge < -0.3 is 21.1 Å². The summed E-state index contributed by atoms with van der Waals surface area (Å²) in [6.45, 7) is 0. The Morgan fingerprint density at radius 2 is 1.88 bits per heavy atom. The van der Waals surface area contributed by atoms with Crippen LogP contribution in [0, 0.1) is 0 Å². The Labute approximate surface area is 190 Å². The van der Waals surface area contributed by atoms with Crippen molar-refractivity contribution in [1.29, 1.82) is 0 Å². The Morgan fingerprint density at radius 3 is 2.61 bits per heavy atom. The molecule has 0 aliphatic heterocycles. The number of carboxylic acid groups (broad SMARTS) is 1. The summed E-state index contributed by atoms with van der Waals surface area (Å²) in [6, 6.07) is 14.8. The van der Waals surface area contributed by atoms with E-state index < -0.39 is 12.0 Å². The fourth-order valence-electron chi connectivity index (χ4n) is 4.04. The zero-order chi connectivity index (χ0) is 22.9. The van der Waals surface area contributed by atoms with Gasteiger partial charge in [0.05, 0.1) is 6.42 Å². The lowest BCUT2D eigenvalue weighted by atomic mass is 9.99. The van der Waals surface area contributed by atoms with E-state index in [0.717, 1.165) is 38.9 Å². The Balaban J connectivity index is 1.27. The monoisotopic (exact) mass is 443 g/mol. The number of rotatable bonds is 8. The van der Waals surface area contributed by atoms with E-state index in [4.69, 9.17) is 10.8 Å². The molecular formula is C25H25N5O3. The number of hydrogen-bond donors (Lipinski definition) is 5. The minimum Gasteiger partial charge on any atom is -0.480 e. The molecule has 0 saturated heterocycles. The number of H-pyrrole nitrogens is 2. The van der Waals surface area contributed by atoms with Crippen LogP contribution in [-0.4, -0.2) is 38.2 Å². The molecule has 2 aromatic carbocycles. The van der Waals surface area contributed by atoms with Gasteiger partial charge in [0.15, 0.2) is 5.82 Å². The first-order valence-corrected chi connectivity index (χ1v) is 11.0. The number of aliphatic carboxylic acids is 1. The zero-order valence-electron chi connectivity index (χ0n) is 18.0. The van der Waals surface area contributed by atoms with Crippen LogP contribution in [0.3, 0.4) is 0 Å². The van der Waals surface area contributed by atoms with E-state index in [1.165, 1.54) is 12.8 Å². The summed E-state index contributed by atoms with van der Waals surface area (Å²) in [6.07, 6.45) is 4.68. The second-order valence-corrected chi connectivity index (χ2v) is 8.63. The number of anilines is 1. The molecule has 5 rings (SSSR count). The Kier molecular flexibility index (Phi) is 5.43. The fraction of sp³-hybridized carbons (Fsp3) is 0.240. The Hall–Kier alpha value is -3.91. The maximum atomic E-state index is 12.4. The van der Waals surface area contributed by atoms with Crippen LogP contribution in [0.15, 0.2) is 54.7 Å². The second-order valence-electron chi connectivity index (χ2n) is 8.63. The number of carboxylic acids is 1. The van der Waals surface area contributed by atoms with Gasteiger partial charge in [-0.2, -0.15) is 5.10 Å². The van der Waals surface area contributed by atoms with Crippen molar-refractivity contribution in [3.63, 3.8) is 0 Å². The summed E-state index contributed by atoms with van der Waals surface area (Å²) < 4.78 is 0. The molecule has 1 fully saturated rings. The number of nitrogens with one attached hydrogen (secondary N) is 3. The van der Waals surface area contributed by atoms with Crippen LogP contribution in [0.1, 0.15) is 35.6 Å². The molecule has 1 aliphatic carbocycles. The summed E-state index contributed by atoms with van der Waals surface area (Å²) >= 11 is 0. The average molecular weight is 444 g/mol. The summed E-state index contributed by atoms with van der Waals surface area (Å²) in [5.74, 6) is 0.00318. The SMILES string of the molecule is N[C@@H](Cc1c[nH]c2ccc(-c3ccc(CC(=O)Nc4cc(C5CC5)[nH]n4)cc3)cc12)C(=O)O. The van der Waals surface area contributed by atoms with E-state index in [0.29, 0.717) is 11.7 Å². The quantitative estimate of drug-likeness (QED) is 0.283. The highest BCUT2D eigenvalue weighted by atomic mass is 16.4. The molecule has 1 aliphatic rings. The molecule has 2 heterocycles. The molecule has 0 spiro atoms. The highest BCUT2D eigenvalue weighted by molar-refractivity contribution is 5.92. The number of nitrogens with zero attached hydrogens (tertiary/aromatic N) is 1. The lowest BCUT2D eigenvalue weighted by Gasteiger charge is -2.07. The third kappa shape index (κ3) is 4.65. The van der Waals surface area contributed by atoms with Crippen LogP contribution < -0.4 is 11.1 Å². The van der Waals surface area contributed by atoms with E-state index in [-0.39, 0.29) is 18.7 Å². The van der Waals surface area contributed by atoms with Gasteiger partial charge in [-0.25, -0.2) is 0 Å². The van der Waals surface area contributed by atoms with Crippen LogP contribution in [0.2, 0.25) is 0 Å². The minimum absolute atomic E-state index is 0.107. The first-order valence-electron chi connectivity index (χ1n) is 11.0. The number of carbonyl (C=O) groups excluding carboxylic acids is 1. The smallest absolute Gasteiger partial charge is 0.320 e. The molecule has 168 valence electrons. The van der Waals surface area contributed by atoms with Gasteiger partial charge in [-0.05, 0) is 47.2 Å². The van der Waals surface area contributed by atoms with Gasteiger partial charge in [-0.15, -0.1) is 0 Å². The molecule has 0 radical (unpaired) electrons. The molecule has 33 heavy (non-hydrogen) atoms. The van der Waals surface area contributed by atoms with Crippen LogP contribution in [0.25, 0.3) is 22.0 Å². The summed E-state index contributed by atoms with van der Waals surface area (Å²) in [5, 5.41) is 20.1. The molecule has 2 aromatic heterocycles. The van der Waals surface area contributed by atoms with Gasteiger partial charge >= 0.3 is 5.97 Å². The molecule has 1 amide bonds. The van der Waals surface area contributed by atoms with Crippen LogP contribution in [0.5, 0.6) is 0 Å². The summed E-state index contributed by atoms with van der Waals surface area (Å²) in [4.78, 5) is 26.7. The Bertz CT molecular complexity index is 1320. The predicted octanol–water partition coefficient (Wildman–Crippen LogP) is 3.57. The third-order valence-electron chi connectivity index (χ3n) is 6.06. The van der Waals surface area contributed by atoms with E-state index in [1.807, 2.05) is 54.7 Å². The Morgan fingerprint density at radius 1 is 1.12 bits per heavy atom. The van der Waals surface area contributed by atoms with E-state index in [1.54, 1.807) is 0 Å². The minimum atomic E-state index is -1.02. The number of fused-ring (bicyclic) bond motifs is 1. The number of benzene rings is 2. The number of amides is 1. The highest BCUT2D eigenvalue weighted by Gasteiger charge is 2.25. The topological polar surface area (TPSA) is 137 Å². The van der Waals surface area contributed by atoms with Crippen LogP contribution in [0.4, 0.5) is 5.82 Å². The van der Waals surface area contributed by atoms with E-state index in [9.17, 15) is 9.59 Å². The molecule has 0 unspecified atom stereocenters. The lowest BCUT2D eigenvalue weighted by molar-refractivity contribution is -0.138. The number of aromatic nitrogens is 3. The average Bonchev–Trinajstić information content (AvgIpc) is 3.43. The summed E-state index contributed by atoms with van der Waals surface area (Å²) in [5.41, 5.74) is 11.5. The van der Waals surface area contributed by atoms with Crippen molar-refractivity contribution in [3.05, 3.63) is 71.5 Å². The van der Waals surface area contributed by atoms with E-state index >= 15 is 0 Å². The molecule has 8 nitrogen and oxygen atoms in total. The molecule has 8 heteroatoms. The van der Waals surface area contributed by atoms with Crippen molar-refractivity contribution in [2.24, 2.45) is 5.73 Å². The fourth-order valence-corrected chi connectivity index (χ4v) is 4.04. The standard InChI is InChI=1S/C25H25N5O3/c26-20(25(32)33)11-18-13-27-21-8-7-17(10-19(18)21)15-3-1-14(2-4-15)9-24(31)28-23-12-22(29-30-23)16-5-6-16/h1-4,7-8,10,12-13,16,20,27H,5-6,9,11,26H2,(H,32,33)(H2,28,29,30,31)/t20-/m0/s1. The number of nitrogens with two attached hydrogens (primary N) is 1. The van der Waals surface area contributed by atoms with E-state index in [2.05, 4.69) is 20.5 Å². The molecule has 1 atom stereocenters. The zero-order valence-corrected chi connectivity index (χ0v) is 18.0. The van der Waals surface area contributed by atoms with Crippen molar-refractivity contribution in [2.45, 2.75) is 37.6 Å². The van der Waals surface area contributed by atoms with Gasteiger partial charge in [-0.3, -0.25) is 14.7 Å². The maximum Gasteiger partial charge on any atom is 0.320 e. The van der Waals surface area contributed by atoms with Crippen molar-refractivity contribution in [2.75, 3.05) is 5.32 Å². The third-order valence-corrected chi connectivity index (χ3v) is 6.06. The van der Waals surface area contributed by atoms with Crippen molar-refractivity contribution < 1.29 is 14.7 Å².